The first-order valence-corrected chi connectivity index (χ1v) is 11.1. The van der Waals surface area contributed by atoms with E-state index in [0.29, 0.717) is 5.56 Å². The topological polar surface area (TPSA) is 111 Å². The molecule has 2 aromatic heterocycles. The van der Waals surface area contributed by atoms with Crippen LogP contribution in [0.1, 0.15) is 23.9 Å². The quantitative estimate of drug-likeness (QED) is 0.471. The van der Waals surface area contributed by atoms with Gasteiger partial charge in [-0.05, 0) is 41.8 Å². The molecule has 0 radical (unpaired) electrons. The lowest BCUT2D eigenvalue weighted by Gasteiger charge is -2.16. The third kappa shape index (κ3) is 5.21. The Balaban J connectivity index is 2.00. The maximum Gasteiger partial charge on any atom is 0.501 e. The number of nitrogen functional groups attached to an aromatic ring is 1. The minimum Gasteiger partial charge on any atom is -0.368 e. The van der Waals surface area contributed by atoms with Gasteiger partial charge in [-0.1, -0.05) is 19.1 Å². The van der Waals surface area contributed by atoms with Gasteiger partial charge in [-0.2, -0.15) is 31.3 Å². The van der Waals surface area contributed by atoms with Crippen LogP contribution in [0.3, 0.4) is 0 Å². The number of aryl methyl sites for hydroxylation is 1. The largest absolute Gasteiger partial charge is 0.501 e. The summed E-state index contributed by atoms with van der Waals surface area (Å²) in [5.41, 5.74) is -0.0474. The maximum absolute atomic E-state index is 12.9. The fraction of sp³-hybridized carbons (Fsp3) is 0.250. The van der Waals surface area contributed by atoms with E-state index < -0.39 is 32.1 Å². The Morgan fingerprint density at radius 1 is 1.00 bits per heavy atom. The van der Waals surface area contributed by atoms with Gasteiger partial charge in [-0.3, -0.25) is 0 Å². The molecule has 0 saturated carbocycles. The normalized spacial score (nSPS) is 12.6. The van der Waals surface area contributed by atoms with Crippen molar-refractivity contribution >= 4 is 21.6 Å². The SMILES string of the molecule is CCc1cc(S(=O)(=O)C(F)(F)F)ccc1-c1cnc(N)nc1NCc1cccc(C(F)(F)F)n1. The second-order valence-electron chi connectivity index (χ2n) is 6.98. The molecule has 14 heteroatoms. The molecule has 0 bridgehead atoms. The van der Waals surface area contributed by atoms with Crippen molar-refractivity contribution in [3.63, 3.8) is 0 Å². The van der Waals surface area contributed by atoms with Crippen LogP contribution in [0.5, 0.6) is 0 Å². The van der Waals surface area contributed by atoms with Gasteiger partial charge in [0.25, 0.3) is 9.84 Å². The number of aromatic nitrogens is 3. The molecule has 0 fully saturated rings. The lowest BCUT2D eigenvalue weighted by Crippen LogP contribution is -2.23. The molecule has 0 spiro atoms. The molecular formula is C20H17F6N5O2S. The van der Waals surface area contributed by atoms with E-state index in [1.807, 2.05) is 0 Å². The number of anilines is 2. The van der Waals surface area contributed by atoms with Crippen molar-refractivity contribution < 1.29 is 34.8 Å². The predicted molar refractivity (Wildman–Crippen MR) is 111 cm³/mol. The summed E-state index contributed by atoms with van der Waals surface area (Å²) >= 11 is 0. The van der Waals surface area contributed by atoms with Crippen LogP contribution < -0.4 is 11.1 Å². The summed E-state index contributed by atoms with van der Waals surface area (Å²) in [6.07, 6.45) is -3.19. The average molecular weight is 505 g/mol. The molecule has 0 atom stereocenters. The maximum atomic E-state index is 12.9. The lowest BCUT2D eigenvalue weighted by atomic mass is 9.99. The first kappa shape index (κ1) is 25.2. The third-order valence-corrected chi connectivity index (χ3v) is 6.19. The highest BCUT2D eigenvalue weighted by atomic mass is 32.2. The third-order valence-electron chi connectivity index (χ3n) is 4.70. The Morgan fingerprint density at radius 3 is 2.32 bits per heavy atom. The second kappa shape index (κ2) is 9.08. The number of nitrogens with zero attached hydrogens (tertiary/aromatic N) is 3. The summed E-state index contributed by atoms with van der Waals surface area (Å²) in [5, 5.41) is 2.81. The van der Waals surface area contributed by atoms with Gasteiger partial charge in [-0.25, -0.2) is 18.4 Å². The molecule has 2 heterocycles. The summed E-state index contributed by atoms with van der Waals surface area (Å²) in [6, 6.07) is 6.28. The number of halogens is 6. The number of alkyl halides is 6. The number of rotatable bonds is 6. The molecule has 3 N–H and O–H groups in total. The van der Waals surface area contributed by atoms with E-state index in [1.54, 1.807) is 6.92 Å². The van der Waals surface area contributed by atoms with Crippen molar-refractivity contribution in [1.29, 1.82) is 0 Å². The van der Waals surface area contributed by atoms with Crippen LogP contribution in [-0.2, 0) is 29.0 Å². The highest BCUT2D eigenvalue weighted by Gasteiger charge is 2.47. The zero-order valence-electron chi connectivity index (χ0n) is 17.4. The molecule has 3 rings (SSSR count). The summed E-state index contributed by atoms with van der Waals surface area (Å²) in [4.78, 5) is 10.5. The summed E-state index contributed by atoms with van der Waals surface area (Å²) in [7, 11) is -5.55. The fourth-order valence-electron chi connectivity index (χ4n) is 3.06. The van der Waals surface area contributed by atoms with E-state index >= 15 is 0 Å². The van der Waals surface area contributed by atoms with Crippen LogP contribution in [0, 0.1) is 0 Å². The summed E-state index contributed by atoms with van der Waals surface area (Å²) < 4.78 is 101. The van der Waals surface area contributed by atoms with Crippen molar-refractivity contribution in [2.45, 2.75) is 36.5 Å². The molecule has 0 aliphatic rings. The van der Waals surface area contributed by atoms with Gasteiger partial charge >= 0.3 is 11.7 Å². The number of hydrogen-bond acceptors (Lipinski definition) is 7. The molecule has 0 amide bonds. The number of nitrogens with two attached hydrogens (primary N) is 1. The summed E-state index contributed by atoms with van der Waals surface area (Å²) in [5.74, 6) is -0.0922. The fourth-order valence-corrected chi connectivity index (χ4v) is 3.88. The predicted octanol–water partition coefficient (Wildman–Crippen LogP) is 4.61. The molecule has 1 aromatic carbocycles. The molecule has 34 heavy (non-hydrogen) atoms. The van der Waals surface area contributed by atoms with Gasteiger partial charge in [0.1, 0.15) is 11.5 Å². The minimum absolute atomic E-state index is 0.0419. The molecule has 7 nitrogen and oxygen atoms in total. The van der Waals surface area contributed by atoms with Gasteiger partial charge in [0, 0.05) is 11.8 Å². The van der Waals surface area contributed by atoms with Gasteiger partial charge in [0.15, 0.2) is 0 Å². The van der Waals surface area contributed by atoms with Crippen molar-refractivity contribution in [2.75, 3.05) is 11.1 Å². The molecule has 0 unspecified atom stereocenters. The van der Waals surface area contributed by atoms with E-state index in [-0.39, 0.29) is 41.6 Å². The average Bonchev–Trinajstić information content (AvgIpc) is 2.76. The van der Waals surface area contributed by atoms with Gasteiger partial charge in [0.05, 0.1) is 17.1 Å². The van der Waals surface area contributed by atoms with E-state index in [9.17, 15) is 34.8 Å². The van der Waals surface area contributed by atoms with Crippen LogP contribution in [-0.4, -0.2) is 28.9 Å². The Kier molecular flexibility index (Phi) is 6.73. The Bertz CT molecular complexity index is 1310. The monoisotopic (exact) mass is 505 g/mol. The molecule has 0 saturated heterocycles. The van der Waals surface area contributed by atoms with Crippen LogP contribution in [0.4, 0.5) is 38.1 Å². The standard InChI is InChI=1S/C20H17F6N5O2S/c1-2-11-8-13(34(32,33)20(24,25)26)6-7-14(11)15-10-29-18(27)31-17(15)28-9-12-4-3-5-16(30-12)19(21,22)23/h3-8,10H,2,9H2,1H3,(H3,27,28,29,31). The van der Waals surface area contributed by atoms with Gasteiger partial charge in [0.2, 0.25) is 5.95 Å². The van der Waals surface area contributed by atoms with Gasteiger partial charge in [-0.15, -0.1) is 0 Å². The smallest absolute Gasteiger partial charge is 0.368 e. The van der Waals surface area contributed by atoms with Crippen LogP contribution in [0.25, 0.3) is 11.1 Å². The molecule has 3 aromatic rings. The highest BCUT2D eigenvalue weighted by Crippen LogP contribution is 2.35. The van der Waals surface area contributed by atoms with Crippen LogP contribution >= 0.6 is 0 Å². The zero-order valence-corrected chi connectivity index (χ0v) is 18.2. The van der Waals surface area contributed by atoms with E-state index in [0.717, 1.165) is 18.2 Å². The van der Waals surface area contributed by atoms with E-state index in [4.69, 9.17) is 5.73 Å². The summed E-state index contributed by atoms with van der Waals surface area (Å²) in [6.45, 7) is 1.43. The zero-order chi connectivity index (χ0) is 25.3. The van der Waals surface area contributed by atoms with Crippen molar-refractivity contribution in [1.82, 2.24) is 15.0 Å². The molecule has 0 aliphatic heterocycles. The number of sulfone groups is 1. The first-order chi connectivity index (χ1) is 15.7. The number of pyridine rings is 1. The Morgan fingerprint density at radius 2 is 1.71 bits per heavy atom. The van der Waals surface area contributed by atoms with Crippen LogP contribution in [0.15, 0.2) is 47.5 Å². The minimum atomic E-state index is -5.55. The number of benzene rings is 1. The first-order valence-electron chi connectivity index (χ1n) is 9.58. The highest BCUT2D eigenvalue weighted by molar-refractivity contribution is 7.92. The van der Waals surface area contributed by atoms with Crippen molar-refractivity contribution in [2.24, 2.45) is 0 Å². The van der Waals surface area contributed by atoms with E-state index in [2.05, 4.69) is 20.3 Å². The number of hydrogen-bond donors (Lipinski definition) is 2. The Labute approximate surface area is 190 Å². The second-order valence-corrected chi connectivity index (χ2v) is 8.92. The lowest BCUT2D eigenvalue weighted by molar-refractivity contribution is -0.141. The number of nitrogens with one attached hydrogen (secondary N) is 1. The molecule has 0 aliphatic carbocycles. The van der Waals surface area contributed by atoms with Gasteiger partial charge < -0.3 is 11.1 Å². The van der Waals surface area contributed by atoms with Crippen LogP contribution in [0.2, 0.25) is 0 Å². The molecular weight excluding hydrogens is 488 g/mol. The van der Waals surface area contributed by atoms with Crippen molar-refractivity contribution in [3.8, 4) is 11.1 Å². The van der Waals surface area contributed by atoms with Crippen molar-refractivity contribution in [3.05, 3.63) is 59.5 Å². The Hall–Kier alpha value is -3.42. The van der Waals surface area contributed by atoms with E-state index in [1.165, 1.54) is 24.4 Å². The molecule has 182 valence electrons.